The molecule has 8 aromatic carbocycles. The zero-order valence-electron chi connectivity index (χ0n) is 52.7. The highest BCUT2D eigenvalue weighted by molar-refractivity contribution is 6.31. The number of piperidine rings is 2. The van der Waals surface area contributed by atoms with Crippen LogP contribution in [0.15, 0.2) is 273 Å². The Morgan fingerprint density at radius 3 is 1.10 bits per heavy atom. The third-order valence-electron chi connectivity index (χ3n) is 15.9. The first kappa shape index (κ1) is 66.6. The Bertz CT molecular complexity index is 4260. The number of ether oxygens (including phenoxy) is 2. The van der Waals surface area contributed by atoms with Crippen LogP contribution in [0.4, 0.5) is 40.2 Å². The van der Waals surface area contributed by atoms with Crippen LogP contribution in [0.3, 0.4) is 0 Å². The number of likely N-dealkylation sites (tertiary alicyclic amines) is 2. The van der Waals surface area contributed by atoms with Crippen LogP contribution in [0, 0.1) is 0 Å². The first-order valence-electron chi connectivity index (χ1n) is 31.9. The smallest absolute Gasteiger partial charge is 0.259 e. The molecule has 3 amide bonds. The van der Waals surface area contributed by atoms with E-state index in [-0.39, 0.29) is 23.8 Å². The molecule has 5 heterocycles. The maximum absolute atomic E-state index is 13.1. The van der Waals surface area contributed by atoms with Crippen molar-refractivity contribution in [2.75, 3.05) is 58.1 Å². The van der Waals surface area contributed by atoms with E-state index in [0.717, 1.165) is 82.1 Å². The molecule has 6 N–H and O–H groups in total. The first-order valence-corrected chi connectivity index (χ1v) is 32.6. The predicted molar refractivity (Wildman–Crippen MR) is 385 cm³/mol. The average Bonchev–Trinajstić information content (AvgIpc) is 0.998. The zero-order chi connectivity index (χ0) is 66.1. The first-order chi connectivity index (χ1) is 47.1. The molecule has 0 unspecified atom stereocenters. The number of para-hydroxylation sites is 2. The molecular formula is C78H73Cl2N11O5. The summed E-state index contributed by atoms with van der Waals surface area (Å²) in [5.41, 5.74) is 6.93. The monoisotopic (exact) mass is 1310 g/mol. The minimum atomic E-state index is -0.281. The number of anilines is 7. The quantitative estimate of drug-likeness (QED) is 0.0424. The molecule has 2 fully saturated rings. The number of carbonyl (C=O) groups excluding carboxylic acids is 3. The van der Waals surface area contributed by atoms with Crippen molar-refractivity contribution in [3.05, 3.63) is 311 Å². The highest BCUT2D eigenvalue weighted by Gasteiger charge is 2.24. The van der Waals surface area contributed by atoms with Crippen molar-refractivity contribution in [1.29, 1.82) is 0 Å². The molecule has 96 heavy (non-hydrogen) atoms. The highest BCUT2D eigenvalue weighted by atomic mass is 35.5. The summed E-state index contributed by atoms with van der Waals surface area (Å²) in [6.07, 6.45) is 9.10. The second-order valence-corrected chi connectivity index (χ2v) is 23.8. The molecule has 0 bridgehead atoms. The average molecular weight is 1320 g/mol. The van der Waals surface area contributed by atoms with Gasteiger partial charge in [-0.1, -0.05) is 132 Å². The molecule has 0 spiro atoms. The van der Waals surface area contributed by atoms with Gasteiger partial charge in [-0.2, -0.15) is 0 Å². The van der Waals surface area contributed by atoms with E-state index >= 15 is 0 Å². The molecule has 2 saturated heterocycles. The van der Waals surface area contributed by atoms with Crippen LogP contribution >= 0.6 is 23.2 Å². The molecule has 0 atom stereocenters. The summed E-state index contributed by atoms with van der Waals surface area (Å²) < 4.78 is 11.6. The maximum atomic E-state index is 13.1. The van der Waals surface area contributed by atoms with E-state index in [1.54, 1.807) is 85.3 Å². The molecule has 13 rings (SSSR count). The van der Waals surface area contributed by atoms with E-state index < -0.39 is 0 Å². The fraction of sp³-hybridized carbons (Fsp3) is 0.154. The molecule has 3 aromatic heterocycles. The van der Waals surface area contributed by atoms with E-state index in [0.29, 0.717) is 78.8 Å². The summed E-state index contributed by atoms with van der Waals surface area (Å²) in [6, 6.07) is 80.4. The number of nitrogens with one attached hydrogen (secondary N) is 6. The Morgan fingerprint density at radius 1 is 0.365 bits per heavy atom. The summed E-state index contributed by atoms with van der Waals surface area (Å²) in [5.74, 6) is 3.99. The van der Waals surface area contributed by atoms with E-state index in [9.17, 15) is 14.4 Å². The van der Waals surface area contributed by atoms with Gasteiger partial charge in [0, 0.05) is 103 Å². The number of pyridine rings is 3. The number of rotatable bonds is 20. The number of hydrogen-bond donors (Lipinski definition) is 6. The number of amides is 3. The van der Waals surface area contributed by atoms with Gasteiger partial charge in [-0.25, -0.2) is 15.0 Å². The van der Waals surface area contributed by atoms with Gasteiger partial charge in [-0.05, 0) is 182 Å². The summed E-state index contributed by atoms with van der Waals surface area (Å²) >= 11 is 12.0. The summed E-state index contributed by atoms with van der Waals surface area (Å²) in [4.78, 5) is 56.8. The van der Waals surface area contributed by atoms with Gasteiger partial charge in [-0.15, -0.1) is 0 Å². The van der Waals surface area contributed by atoms with E-state index in [2.05, 4.69) is 111 Å². The highest BCUT2D eigenvalue weighted by Crippen LogP contribution is 2.29. The number of hydrogen-bond acceptors (Lipinski definition) is 13. The molecule has 11 aromatic rings. The van der Waals surface area contributed by atoms with Crippen LogP contribution in [0.1, 0.15) is 67.9 Å². The van der Waals surface area contributed by atoms with E-state index in [1.165, 1.54) is 11.1 Å². The molecule has 2 aliphatic heterocycles. The van der Waals surface area contributed by atoms with Gasteiger partial charge >= 0.3 is 0 Å². The predicted octanol–water partition coefficient (Wildman–Crippen LogP) is 17.8. The van der Waals surface area contributed by atoms with Crippen molar-refractivity contribution in [2.45, 2.75) is 50.9 Å². The van der Waals surface area contributed by atoms with Crippen molar-refractivity contribution in [2.24, 2.45) is 0 Å². The van der Waals surface area contributed by atoms with Crippen molar-refractivity contribution in [1.82, 2.24) is 24.8 Å². The largest absolute Gasteiger partial charge is 0.457 e. The van der Waals surface area contributed by atoms with Crippen molar-refractivity contribution in [3.8, 4) is 23.0 Å². The number of nitrogens with zero attached hydrogens (tertiary/aromatic N) is 5. The van der Waals surface area contributed by atoms with Crippen LogP contribution < -0.4 is 41.4 Å². The van der Waals surface area contributed by atoms with Gasteiger partial charge < -0.3 is 41.4 Å². The van der Waals surface area contributed by atoms with Gasteiger partial charge in [0.2, 0.25) is 0 Å². The lowest BCUT2D eigenvalue weighted by atomic mass is 10.0. The van der Waals surface area contributed by atoms with Crippen LogP contribution in [-0.2, 0) is 13.1 Å². The lowest BCUT2D eigenvalue weighted by molar-refractivity contribution is 0.101. The zero-order valence-corrected chi connectivity index (χ0v) is 54.3. The SMILES string of the molecule is O=C(Nc1ccc(Oc2ccccc2)cc1)c1cccnc1NC1CCN(Cc2ccccc2)CC1.O=C(Nc1cccc(Cl)c1)c1cccnc1NC1CCN(Cc2ccccc2)CC1.O=C(Nc1cccc(Cl)c1)c1cccnc1Nc1ccc(Oc2ccccc2)cc1. The Labute approximate surface area is 569 Å². The second-order valence-electron chi connectivity index (χ2n) is 22.9. The normalized spacial score (nSPS) is 13.2. The van der Waals surface area contributed by atoms with Crippen LogP contribution in [0.25, 0.3) is 0 Å². The Hall–Kier alpha value is -10.9. The fourth-order valence-electron chi connectivity index (χ4n) is 11.0. The molecule has 16 nitrogen and oxygen atoms in total. The van der Waals surface area contributed by atoms with E-state index in [4.69, 9.17) is 32.7 Å². The molecule has 0 saturated carbocycles. The third kappa shape index (κ3) is 20.3. The summed E-state index contributed by atoms with van der Waals surface area (Å²) in [7, 11) is 0. The molecule has 0 radical (unpaired) electrons. The minimum Gasteiger partial charge on any atom is -0.457 e. The van der Waals surface area contributed by atoms with Crippen molar-refractivity contribution < 1.29 is 23.9 Å². The van der Waals surface area contributed by atoms with E-state index in [1.807, 2.05) is 133 Å². The van der Waals surface area contributed by atoms with Gasteiger partial charge in [0.05, 0.1) is 16.7 Å². The second kappa shape index (κ2) is 34.3. The standard InChI is InChI=1S/C30H30N4O2.C24H25ClN4O.C24H18ClN3O2/c35-30(33-24-13-15-27(16-14-24)36-26-10-5-2-6-11-26)28-12-7-19-31-29(28)32-25-17-20-34(21-18-25)22-23-8-3-1-4-9-23;25-19-8-4-9-21(16-19)28-24(30)22-10-5-13-26-23(22)27-20-11-14-29(15-12-20)17-18-6-2-1-3-7-18;25-17-6-4-7-19(16-17)28-24(29)22-10-5-15-26-23(22)27-18-11-13-21(14-12-18)30-20-8-2-1-3-9-20/h1-16,19,25H,17-18,20-22H2,(H,31,32)(H,33,35);1-10,13,16,20H,11-12,14-15,17H2,(H,26,27)(H,28,30);1-16H,(H,26,27)(H,28,29). The molecule has 2 aliphatic rings. The lowest BCUT2D eigenvalue weighted by Crippen LogP contribution is -2.39. The summed E-state index contributed by atoms with van der Waals surface area (Å²) in [6.45, 7) is 6.01. The molecule has 18 heteroatoms. The number of aromatic nitrogens is 3. The lowest BCUT2D eigenvalue weighted by Gasteiger charge is -2.32. The summed E-state index contributed by atoms with van der Waals surface area (Å²) in [5, 5.41) is 20.0. The minimum absolute atomic E-state index is 0.191. The third-order valence-corrected chi connectivity index (χ3v) is 16.3. The Kier molecular flexibility index (Phi) is 23.8. The Morgan fingerprint density at radius 2 is 0.708 bits per heavy atom. The maximum Gasteiger partial charge on any atom is 0.259 e. The molecular weight excluding hydrogens is 1240 g/mol. The van der Waals surface area contributed by atoms with Gasteiger partial charge in [0.15, 0.2) is 0 Å². The molecule has 0 aliphatic carbocycles. The van der Waals surface area contributed by atoms with Gasteiger partial charge in [-0.3, -0.25) is 24.2 Å². The molecule has 484 valence electrons. The van der Waals surface area contributed by atoms with Gasteiger partial charge in [0.1, 0.15) is 40.5 Å². The Balaban J connectivity index is 0.000000147. The van der Waals surface area contributed by atoms with Crippen LogP contribution in [0.2, 0.25) is 10.0 Å². The topological polar surface area (TPSA) is 187 Å². The van der Waals surface area contributed by atoms with Crippen LogP contribution in [-0.4, -0.2) is 80.7 Å². The number of carbonyl (C=O) groups is 3. The fourth-order valence-corrected chi connectivity index (χ4v) is 11.3. The number of benzene rings is 8. The van der Waals surface area contributed by atoms with Crippen molar-refractivity contribution >= 4 is 81.1 Å². The number of halogens is 2. The van der Waals surface area contributed by atoms with Crippen molar-refractivity contribution in [3.63, 3.8) is 0 Å². The van der Waals surface area contributed by atoms with Gasteiger partial charge in [0.25, 0.3) is 17.7 Å². The van der Waals surface area contributed by atoms with Crippen LogP contribution in [0.5, 0.6) is 23.0 Å².